The molecule has 0 spiro atoms. The number of halogens is 1. The number of rotatable bonds is 8. The highest BCUT2D eigenvalue weighted by molar-refractivity contribution is 14.0. The first-order chi connectivity index (χ1) is 12.7. The van der Waals surface area contributed by atoms with E-state index in [-0.39, 0.29) is 36.1 Å². The smallest absolute Gasteiger partial charge is 0.407 e. The Hall–Kier alpha value is -1.55. The van der Waals surface area contributed by atoms with Gasteiger partial charge in [0.2, 0.25) is 0 Å². The normalized spacial score (nSPS) is 12.8. The quantitative estimate of drug-likeness (QED) is 0.219. The zero-order valence-electron chi connectivity index (χ0n) is 17.9. The topological polar surface area (TPSA) is 78.0 Å². The lowest BCUT2D eigenvalue weighted by molar-refractivity contribution is 0.0527. The fourth-order valence-electron chi connectivity index (χ4n) is 2.49. The van der Waals surface area contributed by atoms with Crippen molar-refractivity contribution in [2.45, 2.75) is 38.8 Å². The summed E-state index contributed by atoms with van der Waals surface area (Å²) in [5, 5.41) is 9.38. The molecular weight excluding hydrogens is 469 g/mol. The van der Waals surface area contributed by atoms with E-state index < -0.39 is 5.60 Å². The van der Waals surface area contributed by atoms with E-state index in [1.807, 2.05) is 26.8 Å². The Labute approximate surface area is 186 Å². The van der Waals surface area contributed by atoms with Crippen LogP contribution in [0.1, 0.15) is 38.8 Å². The van der Waals surface area contributed by atoms with Crippen LogP contribution in [0.15, 0.2) is 35.3 Å². The van der Waals surface area contributed by atoms with Crippen LogP contribution >= 0.6 is 24.0 Å². The molecule has 0 fully saturated rings. The highest BCUT2D eigenvalue weighted by atomic mass is 127. The molecule has 7 nitrogen and oxygen atoms in total. The summed E-state index contributed by atoms with van der Waals surface area (Å²) >= 11 is 0. The Balaban J connectivity index is 0.00000729. The minimum absolute atomic E-state index is 0. The summed E-state index contributed by atoms with van der Waals surface area (Å²) in [6.45, 7) is 7.53. The molecule has 1 aromatic carbocycles. The van der Waals surface area contributed by atoms with Crippen molar-refractivity contribution in [2.24, 2.45) is 4.99 Å². The van der Waals surface area contributed by atoms with Crippen LogP contribution in [0.4, 0.5) is 4.79 Å². The number of ether oxygens (including phenoxy) is 1. The van der Waals surface area contributed by atoms with Crippen LogP contribution in [0.25, 0.3) is 0 Å². The SMILES string of the molecule is CN=C(NCCCNC(=O)OC(C)(C)C)NCC(c1ccccc1)N(C)C.I. The molecule has 8 heteroatoms. The maximum Gasteiger partial charge on any atom is 0.407 e. The van der Waals surface area contributed by atoms with Gasteiger partial charge in [0.15, 0.2) is 5.96 Å². The van der Waals surface area contributed by atoms with Gasteiger partial charge in [-0.15, -0.1) is 24.0 Å². The van der Waals surface area contributed by atoms with E-state index >= 15 is 0 Å². The minimum atomic E-state index is -0.476. The number of nitrogens with one attached hydrogen (secondary N) is 3. The second-order valence-corrected chi connectivity index (χ2v) is 7.55. The summed E-state index contributed by atoms with van der Waals surface area (Å²) in [5.41, 5.74) is 0.780. The lowest BCUT2D eigenvalue weighted by Crippen LogP contribution is -2.42. The third kappa shape index (κ3) is 11.3. The second kappa shape index (κ2) is 13.6. The summed E-state index contributed by atoms with van der Waals surface area (Å²) in [6, 6.07) is 10.6. The molecule has 1 atom stereocenters. The first-order valence-electron chi connectivity index (χ1n) is 9.35. The van der Waals surface area contributed by atoms with Crippen LogP contribution in [-0.2, 0) is 4.74 Å². The predicted molar refractivity (Wildman–Crippen MR) is 127 cm³/mol. The number of hydrogen-bond donors (Lipinski definition) is 3. The van der Waals surface area contributed by atoms with Crippen LogP contribution in [-0.4, -0.2) is 63.3 Å². The lowest BCUT2D eigenvalue weighted by atomic mass is 10.1. The number of aliphatic imine (C=N–C) groups is 1. The summed E-state index contributed by atoms with van der Waals surface area (Å²) in [5.74, 6) is 0.745. The van der Waals surface area contributed by atoms with Gasteiger partial charge in [0.05, 0.1) is 6.04 Å². The summed E-state index contributed by atoms with van der Waals surface area (Å²) in [4.78, 5) is 18.0. The molecular formula is C20H36IN5O2. The number of likely N-dealkylation sites (N-methyl/N-ethyl adjacent to an activating group) is 1. The number of guanidine groups is 1. The molecule has 0 saturated carbocycles. The first-order valence-corrected chi connectivity index (χ1v) is 9.35. The number of alkyl carbamates (subject to hydrolysis) is 1. The van der Waals surface area contributed by atoms with Gasteiger partial charge >= 0.3 is 6.09 Å². The average Bonchev–Trinajstić information content (AvgIpc) is 2.59. The molecule has 0 aliphatic carbocycles. The Kier molecular flexibility index (Phi) is 12.8. The van der Waals surface area contributed by atoms with E-state index in [9.17, 15) is 4.79 Å². The Morgan fingerprint density at radius 1 is 1.11 bits per heavy atom. The van der Waals surface area contributed by atoms with E-state index in [2.05, 4.69) is 64.2 Å². The fourth-order valence-corrected chi connectivity index (χ4v) is 2.49. The van der Waals surface area contributed by atoms with Crippen molar-refractivity contribution in [3.8, 4) is 0 Å². The molecule has 0 aliphatic rings. The van der Waals surface area contributed by atoms with Gasteiger partial charge in [-0.3, -0.25) is 4.99 Å². The van der Waals surface area contributed by atoms with Gasteiger partial charge in [0.1, 0.15) is 5.60 Å². The van der Waals surface area contributed by atoms with Crippen LogP contribution in [0.3, 0.4) is 0 Å². The highest BCUT2D eigenvalue weighted by Crippen LogP contribution is 2.16. The van der Waals surface area contributed by atoms with E-state index in [1.54, 1.807) is 7.05 Å². The number of benzene rings is 1. The fraction of sp³-hybridized carbons (Fsp3) is 0.600. The molecule has 0 aliphatic heterocycles. The number of amides is 1. The molecule has 0 heterocycles. The van der Waals surface area contributed by atoms with Gasteiger partial charge in [-0.25, -0.2) is 4.79 Å². The molecule has 1 aromatic rings. The molecule has 0 radical (unpaired) electrons. The van der Waals surface area contributed by atoms with Crippen molar-refractivity contribution in [1.82, 2.24) is 20.9 Å². The molecule has 0 aromatic heterocycles. The summed E-state index contributed by atoms with van der Waals surface area (Å²) in [7, 11) is 5.89. The monoisotopic (exact) mass is 505 g/mol. The van der Waals surface area contributed by atoms with Crippen molar-refractivity contribution in [2.75, 3.05) is 40.8 Å². The Morgan fingerprint density at radius 3 is 2.25 bits per heavy atom. The van der Waals surface area contributed by atoms with Gasteiger partial charge in [0.25, 0.3) is 0 Å². The van der Waals surface area contributed by atoms with Crippen LogP contribution in [0.2, 0.25) is 0 Å². The number of carbonyl (C=O) groups is 1. The second-order valence-electron chi connectivity index (χ2n) is 7.55. The summed E-state index contributed by atoms with van der Waals surface area (Å²) < 4.78 is 5.20. The van der Waals surface area contributed by atoms with Gasteiger partial charge in [0, 0.05) is 26.7 Å². The molecule has 1 rings (SSSR count). The van der Waals surface area contributed by atoms with Crippen molar-refractivity contribution < 1.29 is 9.53 Å². The largest absolute Gasteiger partial charge is 0.444 e. The molecule has 160 valence electrons. The van der Waals surface area contributed by atoms with E-state index in [1.165, 1.54) is 5.56 Å². The molecule has 28 heavy (non-hydrogen) atoms. The first kappa shape index (κ1) is 26.4. The molecule has 3 N–H and O–H groups in total. The summed E-state index contributed by atoms with van der Waals surface area (Å²) in [6.07, 6.45) is 0.386. The molecule has 1 amide bonds. The maximum atomic E-state index is 11.6. The average molecular weight is 505 g/mol. The third-order valence-electron chi connectivity index (χ3n) is 3.81. The van der Waals surface area contributed by atoms with E-state index in [4.69, 9.17) is 4.74 Å². The van der Waals surface area contributed by atoms with E-state index in [0.29, 0.717) is 13.1 Å². The van der Waals surface area contributed by atoms with Gasteiger partial charge in [-0.2, -0.15) is 0 Å². The number of hydrogen-bond acceptors (Lipinski definition) is 4. The minimum Gasteiger partial charge on any atom is -0.444 e. The standard InChI is InChI=1S/C20H35N5O2.HI/c1-20(2,3)27-19(26)23-14-10-13-22-18(21-4)24-15-17(25(5)6)16-11-8-7-9-12-16;/h7-9,11-12,17H,10,13-15H2,1-6H3,(H,23,26)(H2,21,22,24);1H. The lowest BCUT2D eigenvalue weighted by Gasteiger charge is -2.26. The maximum absolute atomic E-state index is 11.6. The number of nitrogens with zero attached hydrogens (tertiary/aromatic N) is 2. The van der Waals surface area contributed by atoms with Crippen molar-refractivity contribution in [3.05, 3.63) is 35.9 Å². The number of carbonyl (C=O) groups excluding carboxylic acids is 1. The zero-order valence-corrected chi connectivity index (χ0v) is 20.2. The third-order valence-corrected chi connectivity index (χ3v) is 3.81. The van der Waals surface area contributed by atoms with Crippen molar-refractivity contribution in [3.63, 3.8) is 0 Å². The van der Waals surface area contributed by atoms with Gasteiger partial charge < -0.3 is 25.6 Å². The van der Waals surface area contributed by atoms with Gasteiger partial charge in [-0.1, -0.05) is 30.3 Å². The van der Waals surface area contributed by atoms with E-state index in [0.717, 1.165) is 18.9 Å². The molecule has 0 bridgehead atoms. The van der Waals surface area contributed by atoms with Crippen LogP contribution in [0, 0.1) is 0 Å². The Bertz CT molecular complexity index is 588. The van der Waals surface area contributed by atoms with Crippen molar-refractivity contribution in [1.29, 1.82) is 0 Å². The molecule has 0 saturated heterocycles. The zero-order chi connectivity index (χ0) is 20.3. The van der Waals surface area contributed by atoms with Crippen molar-refractivity contribution >= 4 is 36.0 Å². The predicted octanol–water partition coefficient (Wildman–Crippen LogP) is 2.99. The highest BCUT2D eigenvalue weighted by Gasteiger charge is 2.16. The van der Waals surface area contributed by atoms with Crippen LogP contribution < -0.4 is 16.0 Å². The van der Waals surface area contributed by atoms with Crippen LogP contribution in [0.5, 0.6) is 0 Å². The van der Waals surface area contributed by atoms with Gasteiger partial charge in [-0.05, 0) is 46.9 Å². The molecule has 1 unspecified atom stereocenters. The Morgan fingerprint density at radius 2 is 1.71 bits per heavy atom.